The number of esters is 1. The zero-order valence-corrected chi connectivity index (χ0v) is 22.1. The molecule has 0 radical (unpaired) electrons. The van der Waals surface area contributed by atoms with Crippen LogP contribution in [0.25, 0.3) is 0 Å². The molecular weight excluding hydrogens is 408 g/mol. The zero-order chi connectivity index (χ0) is 24.1. The monoisotopic (exact) mass is 454 g/mol. The Morgan fingerprint density at radius 2 is 1.79 bits per heavy atom. The van der Waals surface area contributed by atoms with Crippen LogP contribution in [0.2, 0.25) is 0 Å². The largest absolute Gasteiger partial charge is 0.463 e. The standard InChI is InChI=1S/C30H46O3/c1-18(2)19(3)8-9-20(4)25-12-13-26-24-11-10-22-16-23(33-21(5)31)14-15-29(22,6)28(24)27(32)17-30(25,26)7/h8-9,18-20,22-23,25-26H,10-17H2,1-7H3/b9-8+/t19-,20+,22-,23+,25-,26-,29-,30+/m0/s1. The molecule has 4 aliphatic carbocycles. The minimum atomic E-state index is -0.174. The molecule has 0 unspecified atom stereocenters. The second kappa shape index (κ2) is 9.00. The van der Waals surface area contributed by atoms with Gasteiger partial charge in [0.15, 0.2) is 5.78 Å². The molecular formula is C30H46O3. The Balaban J connectivity index is 1.58. The first kappa shape index (κ1) is 24.7. The summed E-state index contributed by atoms with van der Waals surface area (Å²) >= 11 is 0. The van der Waals surface area contributed by atoms with Gasteiger partial charge in [0.2, 0.25) is 0 Å². The van der Waals surface area contributed by atoms with Crippen LogP contribution in [-0.4, -0.2) is 17.9 Å². The molecule has 0 aromatic rings. The fraction of sp³-hybridized carbons (Fsp3) is 0.800. The van der Waals surface area contributed by atoms with Gasteiger partial charge in [-0.3, -0.25) is 9.59 Å². The third kappa shape index (κ3) is 4.27. The van der Waals surface area contributed by atoms with E-state index in [1.54, 1.807) is 0 Å². The van der Waals surface area contributed by atoms with Crippen molar-refractivity contribution in [2.75, 3.05) is 0 Å². The van der Waals surface area contributed by atoms with Crippen molar-refractivity contribution >= 4 is 11.8 Å². The maximum Gasteiger partial charge on any atom is 0.302 e. The van der Waals surface area contributed by atoms with E-state index in [4.69, 9.17) is 4.74 Å². The van der Waals surface area contributed by atoms with Crippen LogP contribution in [0.15, 0.2) is 23.3 Å². The van der Waals surface area contributed by atoms with Gasteiger partial charge in [-0.05, 0) is 91.3 Å². The number of carbonyl (C=O) groups excluding carboxylic acids is 2. The average molecular weight is 455 g/mol. The molecule has 0 amide bonds. The molecule has 33 heavy (non-hydrogen) atoms. The third-order valence-corrected chi connectivity index (χ3v) is 10.5. The van der Waals surface area contributed by atoms with E-state index in [0.717, 1.165) is 38.5 Å². The molecule has 0 spiro atoms. The molecule has 3 nitrogen and oxygen atoms in total. The van der Waals surface area contributed by atoms with E-state index in [9.17, 15) is 9.59 Å². The van der Waals surface area contributed by atoms with E-state index >= 15 is 0 Å². The van der Waals surface area contributed by atoms with Crippen molar-refractivity contribution in [3.8, 4) is 0 Å². The van der Waals surface area contributed by atoms with Crippen LogP contribution in [0, 0.1) is 46.3 Å². The van der Waals surface area contributed by atoms with Gasteiger partial charge in [0.1, 0.15) is 6.10 Å². The highest BCUT2D eigenvalue weighted by Crippen LogP contribution is 2.65. The number of carbonyl (C=O) groups is 2. The van der Waals surface area contributed by atoms with Gasteiger partial charge in [-0.1, -0.05) is 59.3 Å². The predicted octanol–water partition coefficient (Wildman–Crippen LogP) is 7.30. The van der Waals surface area contributed by atoms with E-state index < -0.39 is 0 Å². The van der Waals surface area contributed by atoms with Crippen molar-refractivity contribution in [2.24, 2.45) is 46.3 Å². The summed E-state index contributed by atoms with van der Waals surface area (Å²) < 4.78 is 5.58. The SMILES string of the molecule is CC(=O)O[C@@H]1CC[C@]2(C)C3=C(CC[C@H]2C1)[C@@H]1CC[C@@H]([C@H](C)/C=C/[C@H](C)C(C)C)[C@@]1(C)CC3=O. The normalized spacial score (nSPS) is 40.4. The molecule has 8 atom stereocenters. The Kier molecular flexibility index (Phi) is 6.75. The van der Waals surface area contributed by atoms with Crippen molar-refractivity contribution in [1.82, 2.24) is 0 Å². The van der Waals surface area contributed by atoms with Crippen molar-refractivity contribution in [3.63, 3.8) is 0 Å². The molecule has 0 aromatic heterocycles. The van der Waals surface area contributed by atoms with Crippen molar-refractivity contribution < 1.29 is 14.3 Å². The van der Waals surface area contributed by atoms with E-state index in [1.807, 2.05) is 0 Å². The van der Waals surface area contributed by atoms with Gasteiger partial charge < -0.3 is 4.74 Å². The molecule has 184 valence electrons. The third-order valence-electron chi connectivity index (χ3n) is 10.5. The summed E-state index contributed by atoms with van der Waals surface area (Å²) in [5.74, 6) is 3.64. The first-order valence-electron chi connectivity index (χ1n) is 13.6. The highest BCUT2D eigenvalue weighted by molar-refractivity contribution is 5.99. The van der Waals surface area contributed by atoms with Crippen molar-refractivity contribution in [1.29, 1.82) is 0 Å². The van der Waals surface area contributed by atoms with E-state index in [2.05, 4.69) is 53.7 Å². The lowest BCUT2D eigenvalue weighted by Gasteiger charge is -2.54. The molecule has 0 saturated heterocycles. The smallest absolute Gasteiger partial charge is 0.302 e. The number of ketones is 1. The number of hydrogen-bond donors (Lipinski definition) is 0. The Morgan fingerprint density at radius 1 is 1.06 bits per heavy atom. The lowest BCUT2D eigenvalue weighted by atomic mass is 9.50. The van der Waals surface area contributed by atoms with Crippen LogP contribution >= 0.6 is 0 Å². The van der Waals surface area contributed by atoms with Gasteiger partial charge in [0, 0.05) is 18.9 Å². The summed E-state index contributed by atoms with van der Waals surface area (Å²) in [6, 6.07) is 0. The lowest BCUT2D eigenvalue weighted by Crippen LogP contribution is -2.49. The summed E-state index contributed by atoms with van der Waals surface area (Å²) in [5.41, 5.74) is 2.80. The molecule has 4 aliphatic rings. The van der Waals surface area contributed by atoms with Gasteiger partial charge in [-0.2, -0.15) is 0 Å². The number of hydrogen-bond acceptors (Lipinski definition) is 3. The number of rotatable bonds is 5. The maximum atomic E-state index is 13.9. The first-order valence-corrected chi connectivity index (χ1v) is 13.6. The maximum absolute atomic E-state index is 13.9. The molecule has 0 aromatic carbocycles. The molecule has 4 rings (SSSR count). The van der Waals surface area contributed by atoms with Gasteiger partial charge in [0.05, 0.1) is 0 Å². The molecule has 0 N–H and O–H groups in total. The van der Waals surface area contributed by atoms with Crippen molar-refractivity contribution in [3.05, 3.63) is 23.3 Å². The van der Waals surface area contributed by atoms with E-state index in [0.29, 0.717) is 41.3 Å². The summed E-state index contributed by atoms with van der Waals surface area (Å²) in [6.07, 6.45) is 13.1. The minimum Gasteiger partial charge on any atom is -0.463 e. The van der Waals surface area contributed by atoms with E-state index in [1.165, 1.54) is 30.9 Å². The molecule has 3 heteroatoms. The van der Waals surface area contributed by atoms with Gasteiger partial charge in [-0.25, -0.2) is 0 Å². The number of allylic oxidation sites excluding steroid dienone is 4. The Hall–Kier alpha value is -1.38. The zero-order valence-electron chi connectivity index (χ0n) is 22.1. The fourth-order valence-corrected chi connectivity index (χ4v) is 8.23. The summed E-state index contributed by atoms with van der Waals surface area (Å²) in [4.78, 5) is 25.4. The molecule has 0 bridgehead atoms. The minimum absolute atomic E-state index is 0.0288. The highest BCUT2D eigenvalue weighted by Gasteiger charge is 2.58. The van der Waals surface area contributed by atoms with Gasteiger partial charge >= 0.3 is 5.97 Å². The number of Topliss-reactive ketones (excluding diaryl/α,β-unsaturated/α-hetero) is 1. The van der Waals surface area contributed by atoms with E-state index in [-0.39, 0.29) is 22.9 Å². The first-order chi connectivity index (χ1) is 15.5. The van der Waals surface area contributed by atoms with Crippen LogP contribution in [0.5, 0.6) is 0 Å². The molecule has 2 saturated carbocycles. The lowest BCUT2D eigenvalue weighted by molar-refractivity contribution is -0.151. The Labute approximate surface area is 201 Å². The number of ether oxygens (including phenoxy) is 1. The summed E-state index contributed by atoms with van der Waals surface area (Å²) in [5, 5.41) is 0. The van der Waals surface area contributed by atoms with Gasteiger partial charge in [0.25, 0.3) is 0 Å². The fourth-order valence-electron chi connectivity index (χ4n) is 8.23. The van der Waals surface area contributed by atoms with Crippen LogP contribution in [0.1, 0.15) is 99.8 Å². The second-order valence-corrected chi connectivity index (χ2v) is 12.7. The van der Waals surface area contributed by atoms with Crippen LogP contribution in [0.3, 0.4) is 0 Å². The van der Waals surface area contributed by atoms with Crippen LogP contribution in [0.4, 0.5) is 0 Å². The topological polar surface area (TPSA) is 43.4 Å². The average Bonchev–Trinajstić information content (AvgIpc) is 3.07. The van der Waals surface area contributed by atoms with Gasteiger partial charge in [-0.15, -0.1) is 0 Å². The highest BCUT2D eigenvalue weighted by atomic mass is 16.5. The summed E-state index contributed by atoms with van der Waals surface area (Å²) in [6.45, 7) is 15.6. The molecule has 0 heterocycles. The predicted molar refractivity (Wildman–Crippen MR) is 134 cm³/mol. The van der Waals surface area contributed by atoms with Crippen LogP contribution < -0.4 is 0 Å². The molecule has 0 aliphatic heterocycles. The molecule has 2 fully saturated rings. The Morgan fingerprint density at radius 3 is 2.45 bits per heavy atom. The Bertz CT molecular complexity index is 851. The summed E-state index contributed by atoms with van der Waals surface area (Å²) in [7, 11) is 0. The second-order valence-electron chi connectivity index (χ2n) is 12.7. The number of fused-ring (bicyclic) bond motifs is 4. The van der Waals surface area contributed by atoms with Crippen LogP contribution in [-0.2, 0) is 14.3 Å². The quantitative estimate of drug-likeness (QED) is 0.323. The van der Waals surface area contributed by atoms with Crippen molar-refractivity contribution in [2.45, 2.75) is 106 Å².